The van der Waals surface area contributed by atoms with E-state index in [-0.39, 0.29) is 11.9 Å². The predicted molar refractivity (Wildman–Crippen MR) is 69.0 cm³/mol. The van der Waals surface area contributed by atoms with Crippen LogP contribution in [0.15, 0.2) is 30.3 Å². The zero-order valence-corrected chi connectivity index (χ0v) is 9.91. The van der Waals surface area contributed by atoms with E-state index >= 15 is 0 Å². The van der Waals surface area contributed by atoms with Crippen molar-refractivity contribution in [3.8, 4) is 0 Å². The Kier molecular flexibility index (Phi) is 4.38. The molecule has 4 nitrogen and oxygen atoms in total. The van der Waals surface area contributed by atoms with Gasteiger partial charge in [0.15, 0.2) is 0 Å². The summed E-state index contributed by atoms with van der Waals surface area (Å²) < 4.78 is 0. The lowest BCUT2D eigenvalue weighted by molar-refractivity contribution is -0.120. The first-order valence-electron chi connectivity index (χ1n) is 6.13. The summed E-state index contributed by atoms with van der Waals surface area (Å²) in [4.78, 5) is 11.7. The molecule has 1 heterocycles. The second kappa shape index (κ2) is 6.25. The number of hydrogen-bond acceptors (Lipinski definition) is 3. The van der Waals surface area contributed by atoms with E-state index in [0.717, 1.165) is 31.6 Å². The monoisotopic (exact) mass is 233 g/mol. The summed E-state index contributed by atoms with van der Waals surface area (Å²) in [5.41, 5.74) is 0.976. The Balaban J connectivity index is 1.70. The first-order valence-corrected chi connectivity index (χ1v) is 6.13. The summed E-state index contributed by atoms with van der Waals surface area (Å²) in [6.07, 6.45) is 2.21. The smallest absolute Gasteiger partial charge is 0.239 e. The molecule has 4 heteroatoms. The normalized spacial score (nSPS) is 19.6. The van der Waals surface area contributed by atoms with Crippen LogP contribution in [0, 0.1) is 0 Å². The van der Waals surface area contributed by atoms with Crippen molar-refractivity contribution in [3.05, 3.63) is 30.3 Å². The minimum atomic E-state index is 0.0579. The van der Waals surface area contributed by atoms with Gasteiger partial charge in [0.2, 0.25) is 5.91 Å². The minimum absolute atomic E-state index is 0.0579. The third-order valence-electron chi connectivity index (χ3n) is 2.89. The number of para-hydroxylation sites is 1. The lowest BCUT2D eigenvalue weighted by atomic mass is 10.1. The molecule has 1 unspecified atom stereocenters. The Bertz CT molecular complexity index is 347. The zero-order valence-electron chi connectivity index (χ0n) is 9.91. The summed E-state index contributed by atoms with van der Waals surface area (Å²) in [5.74, 6) is 0.0579. The fourth-order valence-corrected chi connectivity index (χ4v) is 1.99. The molecule has 1 aromatic rings. The van der Waals surface area contributed by atoms with Gasteiger partial charge >= 0.3 is 0 Å². The van der Waals surface area contributed by atoms with E-state index in [0.29, 0.717) is 6.54 Å². The number of nitrogens with one attached hydrogen (secondary N) is 3. The van der Waals surface area contributed by atoms with Gasteiger partial charge in [-0.15, -0.1) is 0 Å². The number of carbonyl (C=O) groups is 1. The number of carbonyl (C=O) groups excluding carboxylic acids is 1. The molecule has 1 aliphatic heterocycles. The molecule has 92 valence electrons. The van der Waals surface area contributed by atoms with Crippen LogP contribution in [0.3, 0.4) is 0 Å². The van der Waals surface area contributed by atoms with Crippen LogP contribution in [0.5, 0.6) is 0 Å². The average Bonchev–Trinajstić information content (AvgIpc) is 2.39. The van der Waals surface area contributed by atoms with Gasteiger partial charge in [0, 0.05) is 18.3 Å². The number of anilines is 1. The maximum atomic E-state index is 11.7. The Labute approximate surface area is 102 Å². The molecule has 0 bridgehead atoms. The van der Waals surface area contributed by atoms with Gasteiger partial charge in [-0.1, -0.05) is 18.2 Å². The van der Waals surface area contributed by atoms with Crippen LogP contribution in [0.4, 0.5) is 5.69 Å². The molecule has 1 fully saturated rings. The Hall–Kier alpha value is -1.55. The number of piperidine rings is 1. The molecule has 0 radical (unpaired) electrons. The topological polar surface area (TPSA) is 53.2 Å². The highest BCUT2D eigenvalue weighted by molar-refractivity contribution is 5.80. The van der Waals surface area contributed by atoms with Crippen molar-refractivity contribution in [2.45, 2.75) is 18.9 Å². The first-order chi connectivity index (χ1) is 8.34. The van der Waals surface area contributed by atoms with Gasteiger partial charge in [0.1, 0.15) is 0 Å². The van der Waals surface area contributed by atoms with Crippen molar-refractivity contribution in [2.24, 2.45) is 0 Å². The van der Waals surface area contributed by atoms with Gasteiger partial charge in [-0.2, -0.15) is 0 Å². The Morgan fingerprint density at radius 2 is 2.18 bits per heavy atom. The van der Waals surface area contributed by atoms with Crippen LogP contribution < -0.4 is 16.0 Å². The fourth-order valence-electron chi connectivity index (χ4n) is 1.99. The van der Waals surface area contributed by atoms with Crippen LogP contribution in [0.2, 0.25) is 0 Å². The van der Waals surface area contributed by atoms with Crippen LogP contribution in [-0.2, 0) is 4.79 Å². The highest BCUT2D eigenvalue weighted by atomic mass is 16.2. The highest BCUT2D eigenvalue weighted by Crippen LogP contribution is 2.04. The molecule has 0 aliphatic carbocycles. The zero-order chi connectivity index (χ0) is 11.9. The molecule has 0 spiro atoms. The molecule has 1 saturated heterocycles. The lowest BCUT2D eigenvalue weighted by Crippen LogP contribution is -2.47. The quantitative estimate of drug-likeness (QED) is 0.726. The van der Waals surface area contributed by atoms with E-state index in [1.54, 1.807) is 0 Å². The van der Waals surface area contributed by atoms with Gasteiger partial charge in [0.05, 0.1) is 6.54 Å². The first kappa shape index (κ1) is 11.9. The van der Waals surface area contributed by atoms with E-state index in [1.165, 1.54) is 0 Å². The van der Waals surface area contributed by atoms with E-state index < -0.39 is 0 Å². The molecule has 3 N–H and O–H groups in total. The highest BCUT2D eigenvalue weighted by Gasteiger charge is 2.14. The Morgan fingerprint density at radius 3 is 2.88 bits per heavy atom. The van der Waals surface area contributed by atoms with Crippen molar-refractivity contribution < 1.29 is 4.79 Å². The van der Waals surface area contributed by atoms with E-state index in [4.69, 9.17) is 0 Å². The molecule has 0 aromatic heterocycles. The van der Waals surface area contributed by atoms with E-state index in [9.17, 15) is 4.79 Å². The third-order valence-corrected chi connectivity index (χ3v) is 2.89. The van der Waals surface area contributed by atoms with E-state index in [1.807, 2.05) is 30.3 Å². The van der Waals surface area contributed by atoms with Gasteiger partial charge < -0.3 is 16.0 Å². The maximum absolute atomic E-state index is 11.7. The molecule has 2 rings (SSSR count). The van der Waals surface area contributed by atoms with E-state index in [2.05, 4.69) is 16.0 Å². The largest absolute Gasteiger partial charge is 0.376 e. The number of hydrogen-bond donors (Lipinski definition) is 3. The fraction of sp³-hybridized carbons (Fsp3) is 0.462. The summed E-state index contributed by atoms with van der Waals surface area (Å²) in [5, 5.41) is 9.41. The van der Waals surface area contributed by atoms with Crippen LogP contribution >= 0.6 is 0 Å². The summed E-state index contributed by atoms with van der Waals surface area (Å²) in [7, 11) is 0. The van der Waals surface area contributed by atoms with Crippen molar-refractivity contribution in [2.75, 3.05) is 25.0 Å². The molecule has 1 aliphatic rings. The number of rotatable bonds is 4. The average molecular weight is 233 g/mol. The van der Waals surface area contributed by atoms with Crippen LogP contribution in [-0.4, -0.2) is 31.6 Å². The molecule has 17 heavy (non-hydrogen) atoms. The molecular weight excluding hydrogens is 214 g/mol. The van der Waals surface area contributed by atoms with Crippen LogP contribution in [0.1, 0.15) is 12.8 Å². The third kappa shape index (κ3) is 4.07. The van der Waals surface area contributed by atoms with Crippen molar-refractivity contribution in [1.82, 2.24) is 10.6 Å². The standard InChI is InChI=1S/C13H19N3O/c17-13(16-12-7-4-8-14-9-12)10-15-11-5-2-1-3-6-11/h1-3,5-6,12,14-15H,4,7-10H2,(H,16,17). The van der Waals surface area contributed by atoms with Crippen molar-refractivity contribution >= 4 is 11.6 Å². The summed E-state index contributed by atoms with van der Waals surface area (Å²) in [6, 6.07) is 10.1. The van der Waals surface area contributed by atoms with Gasteiger partial charge in [-0.25, -0.2) is 0 Å². The maximum Gasteiger partial charge on any atom is 0.239 e. The van der Waals surface area contributed by atoms with Gasteiger partial charge in [0.25, 0.3) is 0 Å². The second-order valence-corrected chi connectivity index (χ2v) is 4.33. The molecular formula is C13H19N3O. The number of benzene rings is 1. The summed E-state index contributed by atoms with van der Waals surface area (Å²) >= 11 is 0. The molecule has 1 amide bonds. The lowest BCUT2D eigenvalue weighted by Gasteiger charge is -2.23. The Morgan fingerprint density at radius 1 is 1.35 bits per heavy atom. The van der Waals surface area contributed by atoms with Gasteiger partial charge in [-0.3, -0.25) is 4.79 Å². The summed E-state index contributed by atoms with van der Waals surface area (Å²) in [6.45, 7) is 2.28. The van der Waals surface area contributed by atoms with Crippen molar-refractivity contribution in [3.63, 3.8) is 0 Å². The van der Waals surface area contributed by atoms with Crippen molar-refractivity contribution in [1.29, 1.82) is 0 Å². The molecule has 1 aromatic carbocycles. The predicted octanol–water partition coefficient (Wildman–Crippen LogP) is 0.967. The minimum Gasteiger partial charge on any atom is -0.376 e. The SMILES string of the molecule is O=C(CNc1ccccc1)NC1CCCNC1. The van der Waals surface area contributed by atoms with Gasteiger partial charge in [-0.05, 0) is 31.5 Å². The second-order valence-electron chi connectivity index (χ2n) is 4.33. The molecule has 0 saturated carbocycles. The molecule has 1 atom stereocenters. The van der Waals surface area contributed by atoms with Crippen LogP contribution in [0.25, 0.3) is 0 Å². The number of amides is 1.